The molecule has 1 heterocycles. The molecule has 1 amide bonds. The van der Waals surface area contributed by atoms with Crippen LogP contribution in [0.1, 0.15) is 59.5 Å². The number of carboxylic acid groups (broad SMARTS) is 3. The number of aliphatic carboxylic acids is 2. The number of nitrogens with zero attached hydrogens (tertiary/aromatic N) is 2. The molecule has 322 valence electrons. The first-order chi connectivity index (χ1) is 29.8. The maximum atomic E-state index is 14.1. The van der Waals surface area contributed by atoms with Crippen LogP contribution in [0.5, 0.6) is 17.2 Å². The van der Waals surface area contributed by atoms with Crippen molar-refractivity contribution in [3.8, 4) is 39.7 Å². The monoisotopic (exact) mass is 845 g/mol. The van der Waals surface area contributed by atoms with E-state index in [0.29, 0.717) is 70.7 Å². The molecule has 1 aliphatic heterocycles. The van der Waals surface area contributed by atoms with Crippen LogP contribution in [0.4, 0.5) is 17.1 Å². The third-order valence-corrected chi connectivity index (χ3v) is 10.4. The Morgan fingerprint density at radius 3 is 1.97 bits per heavy atom. The van der Waals surface area contributed by atoms with Gasteiger partial charge in [-0.25, -0.2) is 4.79 Å². The van der Waals surface area contributed by atoms with Gasteiger partial charge in [0.1, 0.15) is 54.9 Å². The minimum atomic E-state index is -1.26. The van der Waals surface area contributed by atoms with Gasteiger partial charge >= 0.3 is 17.9 Å². The second kappa shape index (κ2) is 19.2. The molecule has 0 aromatic heterocycles. The van der Waals surface area contributed by atoms with Crippen molar-refractivity contribution < 1.29 is 53.5 Å². The van der Waals surface area contributed by atoms with E-state index in [0.717, 1.165) is 0 Å². The number of benzene rings is 5. The first-order valence-corrected chi connectivity index (χ1v) is 20.1. The molecule has 62 heavy (non-hydrogen) atoms. The Kier molecular flexibility index (Phi) is 13.6. The highest BCUT2D eigenvalue weighted by molar-refractivity contribution is 6.11. The highest BCUT2D eigenvalue weighted by Crippen LogP contribution is 2.44. The summed E-state index contributed by atoms with van der Waals surface area (Å²) in [6.07, 6.45) is 0.859. The number of carbonyl (C=O) groups excluding carboxylic acids is 1. The van der Waals surface area contributed by atoms with E-state index in [1.807, 2.05) is 20.8 Å². The van der Waals surface area contributed by atoms with Crippen molar-refractivity contribution in [1.82, 2.24) is 0 Å². The first-order valence-electron chi connectivity index (χ1n) is 20.1. The van der Waals surface area contributed by atoms with Gasteiger partial charge in [-0.05, 0) is 92.4 Å². The van der Waals surface area contributed by atoms with Crippen LogP contribution in [-0.4, -0.2) is 83.6 Å². The number of amides is 1. The summed E-state index contributed by atoms with van der Waals surface area (Å²) in [4.78, 5) is 66.3. The number of aromatic carboxylic acids is 1. The van der Waals surface area contributed by atoms with E-state index < -0.39 is 23.8 Å². The molecule has 0 unspecified atom stereocenters. The van der Waals surface area contributed by atoms with Crippen LogP contribution in [-0.2, 0) is 22.4 Å². The van der Waals surface area contributed by atoms with Crippen molar-refractivity contribution in [2.45, 2.75) is 40.5 Å². The number of hydrogen-bond donors (Lipinski definition) is 5. The Balaban J connectivity index is 1.35. The smallest absolute Gasteiger partial charge is 0.336 e. The molecular formula is C47H47N3O12. The fourth-order valence-corrected chi connectivity index (χ4v) is 7.35. The number of para-hydroxylation sites is 2. The van der Waals surface area contributed by atoms with Gasteiger partial charge in [-0.2, -0.15) is 0 Å². The largest absolute Gasteiger partial charge is 0.508 e. The van der Waals surface area contributed by atoms with Crippen LogP contribution >= 0.6 is 0 Å². The Morgan fingerprint density at radius 2 is 1.34 bits per heavy atom. The minimum absolute atomic E-state index is 0.00912. The first kappa shape index (κ1) is 44.0. The number of rotatable bonds is 19. The number of ether oxygens (including phenoxy) is 2. The van der Waals surface area contributed by atoms with Crippen LogP contribution in [0.3, 0.4) is 0 Å². The van der Waals surface area contributed by atoms with Gasteiger partial charge in [0, 0.05) is 64.6 Å². The summed E-state index contributed by atoms with van der Waals surface area (Å²) in [5, 5.41) is 43.5. The van der Waals surface area contributed by atoms with Gasteiger partial charge in [-0.3, -0.25) is 19.2 Å². The van der Waals surface area contributed by atoms with Gasteiger partial charge in [0.2, 0.25) is 0 Å². The standard InChI is InChI=1S/C47H47N3O12/c1-5-27-19-33-40(23-37(27)51)62-41-24-38(52)28(6-2)20-34(41)45(33)32-21-29(13-15-31(32)47(58)59)46(57)48-30-14-16-36(50(8-4)26-44(55)56)42(22-30)61-18-17-60-39-12-10-9-11-35(39)49(7-3)25-43(53)54/h9-16,19-24,51H,5-8,17-18,25-26H2,1-4H3,(H,48,57)(H,53,54)(H,55,56)(H,58,59). The summed E-state index contributed by atoms with van der Waals surface area (Å²) >= 11 is 0. The second-order valence-electron chi connectivity index (χ2n) is 14.3. The van der Waals surface area contributed by atoms with Crippen molar-refractivity contribution in [2.24, 2.45) is 0 Å². The number of aryl methyl sites for hydroxylation is 2. The van der Waals surface area contributed by atoms with E-state index in [-0.39, 0.29) is 77.0 Å². The number of phenols is 1. The van der Waals surface area contributed by atoms with Crippen molar-refractivity contribution in [3.05, 3.63) is 117 Å². The van der Waals surface area contributed by atoms with Crippen molar-refractivity contribution >= 4 is 51.8 Å². The van der Waals surface area contributed by atoms with Crippen LogP contribution in [0.15, 0.2) is 94.1 Å². The average molecular weight is 846 g/mol. The van der Waals surface area contributed by atoms with Crippen molar-refractivity contribution in [3.63, 3.8) is 0 Å². The number of likely N-dealkylation sites (N-methyl/N-ethyl adjacent to an activating group) is 2. The number of hydrogen-bond acceptors (Lipinski definition) is 11. The van der Waals surface area contributed by atoms with E-state index in [1.54, 1.807) is 71.3 Å². The fourth-order valence-electron chi connectivity index (χ4n) is 7.35. The SMILES string of the molecule is CCc1cc2c(-c3cc(C(=O)Nc4ccc(N(CC)CC(=O)O)c(OCCOc5ccccc5N(CC)CC(=O)O)c4)ccc3C(=O)O)c3cc(CC)c(=O)cc-3oc2cc1O. The van der Waals surface area contributed by atoms with E-state index in [2.05, 4.69) is 5.32 Å². The molecule has 0 radical (unpaired) electrons. The number of phenolic OH excluding ortho intramolecular Hbond substituents is 1. The molecule has 15 nitrogen and oxygen atoms in total. The second-order valence-corrected chi connectivity index (χ2v) is 14.3. The molecule has 0 spiro atoms. The molecule has 4 aromatic rings. The number of aromatic hydroxyl groups is 1. The maximum Gasteiger partial charge on any atom is 0.336 e. The van der Waals surface area contributed by atoms with Crippen LogP contribution < -0.4 is 30.0 Å². The van der Waals surface area contributed by atoms with Gasteiger partial charge in [0.15, 0.2) is 5.43 Å². The lowest BCUT2D eigenvalue weighted by molar-refractivity contribution is -0.136. The zero-order valence-electron chi connectivity index (χ0n) is 34.7. The minimum Gasteiger partial charge on any atom is -0.508 e. The molecule has 0 atom stereocenters. The lowest BCUT2D eigenvalue weighted by atomic mass is 9.88. The summed E-state index contributed by atoms with van der Waals surface area (Å²) in [5.41, 5.74) is 3.37. The van der Waals surface area contributed by atoms with Gasteiger partial charge in [-0.1, -0.05) is 26.0 Å². The van der Waals surface area contributed by atoms with E-state index in [4.69, 9.17) is 13.9 Å². The number of carboxylic acids is 3. The number of nitrogens with one attached hydrogen (secondary N) is 1. The average Bonchev–Trinajstić information content (AvgIpc) is 3.25. The summed E-state index contributed by atoms with van der Waals surface area (Å²) < 4.78 is 18.3. The Hall–Kier alpha value is -7.55. The van der Waals surface area contributed by atoms with Crippen LogP contribution in [0.2, 0.25) is 0 Å². The van der Waals surface area contributed by atoms with Gasteiger partial charge < -0.3 is 49.4 Å². The summed E-state index contributed by atoms with van der Waals surface area (Å²) in [7, 11) is 0. The Labute approximate surface area is 356 Å². The summed E-state index contributed by atoms with van der Waals surface area (Å²) in [6, 6.07) is 22.1. The lowest BCUT2D eigenvalue weighted by Gasteiger charge is -2.25. The third-order valence-electron chi connectivity index (χ3n) is 10.4. The zero-order chi connectivity index (χ0) is 44.7. The molecule has 5 N–H and O–H groups in total. The quantitative estimate of drug-likeness (QED) is 0.0392. The molecule has 0 bridgehead atoms. The predicted molar refractivity (Wildman–Crippen MR) is 235 cm³/mol. The van der Waals surface area contributed by atoms with Gasteiger partial charge in [0.05, 0.1) is 16.9 Å². The molecule has 2 aliphatic rings. The maximum absolute atomic E-state index is 14.1. The van der Waals surface area contributed by atoms with Gasteiger partial charge in [0.25, 0.3) is 5.91 Å². The Morgan fingerprint density at radius 1 is 0.694 bits per heavy atom. The molecule has 4 aromatic carbocycles. The van der Waals surface area contributed by atoms with E-state index in [9.17, 15) is 44.4 Å². The normalized spacial score (nSPS) is 11.0. The molecule has 0 fully saturated rings. The third kappa shape index (κ3) is 9.57. The molecular weight excluding hydrogens is 799 g/mol. The number of carbonyl (C=O) groups is 4. The lowest BCUT2D eigenvalue weighted by Crippen LogP contribution is -2.30. The zero-order valence-corrected chi connectivity index (χ0v) is 34.7. The highest BCUT2D eigenvalue weighted by Gasteiger charge is 2.26. The molecule has 0 saturated carbocycles. The topological polar surface area (TPSA) is 216 Å². The number of anilines is 3. The van der Waals surface area contributed by atoms with Crippen molar-refractivity contribution in [1.29, 1.82) is 0 Å². The highest BCUT2D eigenvalue weighted by atomic mass is 16.5. The van der Waals surface area contributed by atoms with Crippen LogP contribution in [0.25, 0.3) is 33.4 Å². The fraction of sp³-hybridized carbons (Fsp3) is 0.255. The number of fused-ring (bicyclic) bond motifs is 2. The molecule has 0 saturated heterocycles. The molecule has 6 rings (SSSR count). The predicted octanol–water partition coefficient (Wildman–Crippen LogP) is 7.63. The van der Waals surface area contributed by atoms with E-state index >= 15 is 0 Å². The van der Waals surface area contributed by atoms with Crippen LogP contribution in [0, 0.1) is 0 Å². The van der Waals surface area contributed by atoms with Crippen molar-refractivity contribution in [2.75, 3.05) is 54.5 Å². The molecule has 1 aliphatic carbocycles. The summed E-state index contributed by atoms with van der Waals surface area (Å²) in [5.74, 6) is -3.06. The van der Waals surface area contributed by atoms with Gasteiger partial charge in [-0.15, -0.1) is 0 Å². The summed E-state index contributed by atoms with van der Waals surface area (Å²) in [6.45, 7) is 7.54. The Bertz CT molecular complexity index is 2690. The molecule has 15 heteroatoms. The van der Waals surface area contributed by atoms with E-state index in [1.165, 1.54) is 30.3 Å².